The fourth-order valence-electron chi connectivity index (χ4n) is 5.76. The summed E-state index contributed by atoms with van der Waals surface area (Å²) in [5.74, 6) is -2.11. The second kappa shape index (κ2) is 15.3. The number of esters is 3. The van der Waals surface area contributed by atoms with Crippen molar-refractivity contribution in [3.05, 3.63) is 178 Å². The van der Waals surface area contributed by atoms with Gasteiger partial charge in [0.2, 0.25) is 6.23 Å². The molecule has 9 heteroatoms. The average Bonchev–Trinajstić information content (AvgIpc) is 3.42. The Morgan fingerprint density at radius 1 is 0.600 bits per heavy atom. The monoisotopic (exact) mass is 669 g/mol. The second-order valence-electron chi connectivity index (χ2n) is 12.0. The molecule has 252 valence electrons. The van der Waals surface area contributed by atoms with E-state index in [9.17, 15) is 19.2 Å². The number of nitrogens with zero attached hydrogens (tertiary/aromatic N) is 1. The molecular weight excluding hydrogens is 634 g/mol. The maximum absolute atomic E-state index is 13.8. The van der Waals surface area contributed by atoms with Crippen LogP contribution in [0.5, 0.6) is 0 Å². The van der Waals surface area contributed by atoms with Crippen LogP contribution in [0.1, 0.15) is 61.7 Å². The molecule has 0 spiro atoms. The lowest BCUT2D eigenvalue weighted by Crippen LogP contribution is -2.51. The Balaban J connectivity index is 1.30. The SMILES string of the molecule is CC1(Cc2ccc(C(=O)OCc3ccccc3)c(C(=O)OCc3ccccc3)c2)C(=O)OC(c2ccccc2)N1C(=O)OCc1ccccc1. The van der Waals surface area contributed by atoms with Crippen molar-refractivity contribution in [1.29, 1.82) is 0 Å². The highest BCUT2D eigenvalue weighted by Crippen LogP contribution is 2.41. The largest absolute Gasteiger partial charge is 0.457 e. The molecule has 0 bridgehead atoms. The van der Waals surface area contributed by atoms with Gasteiger partial charge in [-0.15, -0.1) is 0 Å². The van der Waals surface area contributed by atoms with Gasteiger partial charge < -0.3 is 18.9 Å². The molecule has 2 unspecified atom stereocenters. The summed E-state index contributed by atoms with van der Waals surface area (Å²) in [5.41, 5.74) is 1.81. The highest BCUT2D eigenvalue weighted by molar-refractivity contribution is 6.03. The first kappa shape index (κ1) is 33.7. The van der Waals surface area contributed by atoms with Crippen LogP contribution in [0.3, 0.4) is 0 Å². The second-order valence-corrected chi connectivity index (χ2v) is 12.0. The van der Waals surface area contributed by atoms with Gasteiger partial charge in [-0.2, -0.15) is 0 Å². The van der Waals surface area contributed by atoms with E-state index in [-0.39, 0.29) is 37.4 Å². The summed E-state index contributed by atoms with van der Waals surface area (Å²) in [4.78, 5) is 55.7. The van der Waals surface area contributed by atoms with Crippen molar-refractivity contribution in [3.8, 4) is 0 Å². The number of carbonyl (C=O) groups excluding carboxylic acids is 4. The molecule has 0 aromatic heterocycles. The van der Waals surface area contributed by atoms with E-state index in [0.717, 1.165) is 16.7 Å². The van der Waals surface area contributed by atoms with Gasteiger partial charge in [0.05, 0.1) is 11.1 Å². The Morgan fingerprint density at radius 2 is 1.06 bits per heavy atom. The number of amides is 1. The molecule has 5 aromatic carbocycles. The third-order valence-corrected chi connectivity index (χ3v) is 8.41. The molecule has 2 atom stereocenters. The van der Waals surface area contributed by atoms with Crippen LogP contribution in [0, 0.1) is 0 Å². The number of ether oxygens (including phenoxy) is 4. The molecule has 1 saturated heterocycles. The van der Waals surface area contributed by atoms with E-state index in [2.05, 4.69) is 0 Å². The first-order valence-electron chi connectivity index (χ1n) is 16.1. The van der Waals surface area contributed by atoms with Gasteiger partial charge in [-0.25, -0.2) is 19.2 Å². The molecule has 1 amide bonds. The summed E-state index contributed by atoms with van der Waals surface area (Å²) in [6, 6.07) is 41.0. The van der Waals surface area contributed by atoms with E-state index in [1.54, 1.807) is 37.3 Å². The van der Waals surface area contributed by atoms with Crippen molar-refractivity contribution in [2.45, 2.75) is 44.9 Å². The lowest BCUT2D eigenvalue weighted by atomic mass is 9.90. The molecule has 1 aliphatic rings. The maximum atomic E-state index is 13.8. The molecule has 0 N–H and O–H groups in total. The number of cyclic esters (lactones) is 1. The van der Waals surface area contributed by atoms with E-state index in [1.807, 2.05) is 97.1 Å². The molecule has 5 aromatic rings. The first-order valence-corrected chi connectivity index (χ1v) is 16.1. The van der Waals surface area contributed by atoms with E-state index in [0.29, 0.717) is 11.1 Å². The van der Waals surface area contributed by atoms with Gasteiger partial charge in [-0.1, -0.05) is 127 Å². The minimum absolute atomic E-state index is 0.00295. The summed E-state index contributed by atoms with van der Waals surface area (Å²) in [7, 11) is 0. The average molecular weight is 670 g/mol. The van der Waals surface area contributed by atoms with Crippen molar-refractivity contribution in [2.24, 2.45) is 0 Å². The Hall–Kier alpha value is -6.22. The van der Waals surface area contributed by atoms with E-state index in [4.69, 9.17) is 18.9 Å². The van der Waals surface area contributed by atoms with Gasteiger partial charge in [0.1, 0.15) is 25.4 Å². The molecule has 9 nitrogen and oxygen atoms in total. The number of hydrogen-bond acceptors (Lipinski definition) is 8. The van der Waals surface area contributed by atoms with Gasteiger partial charge in [-0.3, -0.25) is 4.90 Å². The summed E-state index contributed by atoms with van der Waals surface area (Å²) < 4.78 is 22.7. The summed E-state index contributed by atoms with van der Waals surface area (Å²) in [5, 5.41) is 0. The van der Waals surface area contributed by atoms with Crippen LogP contribution in [-0.4, -0.2) is 34.4 Å². The Labute approximate surface area is 290 Å². The zero-order valence-corrected chi connectivity index (χ0v) is 27.4. The molecule has 1 aliphatic heterocycles. The summed E-state index contributed by atoms with van der Waals surface area (Å²) >= 11 is 0. The lowest BCUT2D eigenvalue weighted by molar-refractivity contribution is -0.145. The molecule has 0 aliphatic carbocycles. The van der Waals surface area contributed by atoms with Crippen LogP contribution in [0.2, 0.25) is 0 Å². The third-order valence-electron chi connectivity index (χ3n) is 8.41. The van der Waals surface area contributed by atoms with Crippen molar-refractivity contribution < 1.29 is 38.1 Å². The molecule has 1 fully saturated rings. The summed E-state index contributed by atoms with van der Waals surface area (Å²) in [6.07, 6.45) is -1.87. The molecular formula is C41H35NO8. The van der Waals surface area contributed by atoms with Crippen LogP contribution >= 0.6 is 0 Å². The fourth-order valence-corrected chi connectivity index (χ4v) is 5.76. The first-order chi connectivity index (χ1) is 24.3. The van der Waals surface area contributed by atoms with Crippen LogP contribution in [0.4, 0.5) is 4.79 Å². The zero-order valence-electron chi connectivity index (χ0n) is 27.4. The van der Waals surface area contributed by atoms with Crippen LogP contribution < -0.4 is 0 Å². The lowest BCUT2D eigenvalue weighted by Gasteiger charge is -2.33. The van der Waals surface area contributed by atoms with Crippen molar-refractivity contribution >= 4 is 24.0 Å². The third kappa shape index (κ3) is 7.73. The standard InChI is InChI=1S/C41H35NO8/c1-41(39(45)50-36(33-20-12-5-13-21-33)42(41)40(46)49-28-31-18-10-4-11-19-31)25-32-22-23-34(37(43)47-26-29-14-6-2-7-15-29)35(24-32)38(44)48-27-30-16-8-3-9-17-30/h2-24,36H,25-28H2,1H3. The number of rotatable bonds is 11. The Kier molecular flexibility index (Phi) is 10.3. The van der Waals surface area contributed by atoms with Gasteiger partial charge in [0.15, 0.2) is 0 Å². The number of carbonyl (C=O) groups is 4. The Bertz CT molecular complexity index is 1950. The van der Waals surface area contributed by atoms with E-state index >= 15 is 0 Å². The Morgan fingerprint density at radius 3 is 1.58 bits per heavy atom. The van der Waals surface area contributed by atoms with Gasteiger partial charge >= 0.3 is 24.0 Å². The van der Waals surface area contributed by atoms with Crippen LogP contribution in [0.15, 0.2) is 140 Å². The van der Waals surface area contributed by atoms with Gasteiger partial charge in [0, 0.05) is 12.0 Å². The zero-order chi connectivity index (χ0) is 34.9. The molecule has 50 heavy (non-hydrogen) atoms. The fraction of sp³-hybridized carbons (Fsp3) is 0.171. The minimum atomic E-state index is -1.55. The van der Waals surface area contributed by atoms with Crippen molar-refractivity contribution in [2.75, 3.05) is 0 Å². The predicted molar refractivity (Wildman–Crippen MR) is 183 cm³/mol. The highest BCUT2D eigenvalue weighted by atomic mass is 16.6. The maximum Gasteiger partial charge on any atom is 0.414 e. The minimum Gasteiger partial charge on any atom is -0.457 e. The van der Waals surface area contributed by atoms with Crippen molar-refractivity contribution in [1.82, 2.24) is 4.90 Å². The quantitative estimate of drug-likeness (QED) is 0.105. The highest BCUT2D eigenvalue weighted by Gasteiger charge is 2.56. The van der Waals surface area contributed by atoms with Gasteiger partial charge in [-0.05, 0) is 41.3 Å². The smallest absolute Gasteiger partial charge is 0.414 e. The van der Waals surface area contributed by atoms with Crippen molar-refractivity contribution in [3.63, 3.8) is 0 Å². The topological polar surface area (TPSA) is 108 Å². The molecule has 6 rings (SSSR count). The normalized spacial score (nSPS) is 16.7. The van der Waals surface area contributed by atoms with E-state index < -0.39 is 35.8 Å². The molecule has 0 radical (unpaired) electrons. The van der Waals surface area contributed by atoms with Crippen LogP contribution in [-0.2, 0) is 50.0 Å². The van der Waals surface area contributed by atoms with E-state index in [1.165, 1.54) is 17.0 Å². The van der Waals surface area contributed by atoms with Crippen LogP contribution in [0.25, 0.3) is 0 Å². The summed E-state index contributed by atoms with van der Waals surface area (Å²) in [6.45, 7) is 1.56. The number of hydrogen-bond donors (Lipinski definition) is 0. The predicted octanol–water partition coefficient (Wildman–Crippen LogP) is 7.60. The molecule has 1 heterocycles. The van der Waals surface area contributed by atoms with Gasteiger partial charge in [0.25, 0.3) is 0 Å². The number of benzene rings is 5. The molecule has 0 saturated carbocycles.